The molecule has 0 aliphatic rings. The van der Waals surface area contributed by atoms with Gasteiger partial charge in [-0.15, -0.1) is 0 Å². The highest BCUT2D eigenvalue weighted by atomic mass is 32.2. The van der Waals surface area contributed by atoms with E-state index in [9.17, 15) is 18.5 Å². The molecule has 118 valence electrons. The lowest BCUT2D eigenvalue weighted by atomic mass is 10.3. The van der Waals surface area contributed by atoms with Crippen LogP contribution in [0.25, 0.3) is 0 Å². The Morgan fingerprint density at radius 2 is 2.00 bits per heavy atom. The van der Waals surface area contributed by atoms with E-state index in [2.05, 4.69) is 5.32 Å². The zero-order valence-corrected chi connectivity index (χ0v) is 13.5. The monoisotopic (exact) mass is 315 g/mol. The van der Waals surface area contributed by atoms with E-state index in [1.807, 2.05) is 6.92 Å². The third kappa shape index (κ3) is 3.70. The first kappa shape index (κ1) is 17.4. The minimum atomic E-state index is -3.90. The van der Waals surface area contributed by atoms with E-state index in [1.165, 1.54) is 22.5 Å². The fraction of sp³-hybridized carbons (Fsp3) is 0.538. The van der Waals surface area contributed by atoms with Crippen LogP contribution < -0.4 is 5.32 Å². The van der Waals surface area contributed by atoms with Crippen LogP contribution in [0.3, 0.4) is 0 Å². The van der Waals surface area contributed by atoms with Gasteiger partial charge in [0.05, 0.1) is 4.92 Å². The number of benzene rings is 1. The maximum Gasteiger partial charge on any atom is 0.291 e. The minimum Gasteiger partial charge on any atom is -0.388 e. The predicted octanol–water partition coefficient (Wildman–Crippen LogP) is 2.45. The Morgan fingerprint density at radius 1 is 1.38 bits per heavy atom. The highest BCUT2D eigenvalue weighted by molar-refractivity contribution is 7.89. The number of sulfonamides is 1. The number of nitro groups is 1. The molecule has 0 atom stereocenters. The van der Waals surface area contributed by atoms with Crippen LogP contribution in [0.15, 0.2) is 23.1 Å². The zero-order chi connectivity index (χ0) is 16.2. The van der Waals surface area contributed by atoms with E-state index in [-0.39, 0.29) is 10.9 Å². The van der Waals surface area contributed by atoms with Crippen LogP contribution >= 0.6 is 0 Å². The average Bonchev–Trinajstić information content (AvgIpc) is 2.43. The maximum atomic E-state index is 12.7. The Kier molecular flexibility index (Phi) is 5.68. The van der Waals surface area contributed by atoms with E-state index >= 15 is 0 Å². The van der Waals surface area contributed by atoms with E-state index in [4.69, 9.17) is 0 Å². The molecule has 0 saturated carbocycles. The molecule has 1 N–H and O–H groups in total. The SMILES string of the molecule is CCCN(C(C)C)S(=O)(=O)c1ccc(NC)cc1[N+](=O)[O-]. The molecule has 0 radical (unpaired) electrons. The first-order valence-electron chi connectivity index (χ1n) is 6.73. The van der Waals surface area contributed by atoms with Gasteiger partial charge in [-0.1, -0.05) is 6.92 Å². The quantitative estimate of drug-likeness (QED) is 0.616. The Morgan fingerprint density at radius 3 is 2.43 bits per heavy atom. The summed E-state index contributed by atoms with van der Waals surface area (Å²) in [5.74, 6) is 0. The molecule has 0 heterocycles. The van der Waals surface area contributed by atoms with Gasteiger partial charge in [0, 0.05) is 31.4 Å². The second-order valence-electron chi connectivity index (χ2n) is 4.90. The molecule has 0 aliphatic carbocycles. The van der Waals surface area contributed by atoms with Gasteiger partial charge in [0.25, 0.3) is 5.69 Å². The predicted molar refractivity (Wildman–Crippen MR) is 82.0 cm³/mol. The summed E-state index contributed by atoms with van der Waals surface area (Å²) in [5.41, 5.74) is 0.0795. The maximum absolute atomic E-state index is 12.7. The minimum absolute atomic E-state index is 0.265. The molecular formula is C13H21N3O4S. The summed E-state index contributed by atoms with van der Waals surface area (Å²) in [5, 5.41) is 13.9. The van der Waals surface area contributed by atoms with Crippen molar-refractivity contribution in [3.8, 4) is 0 Å². The second-order valence-corrected chi connectivity index (χ2v) is 6.76. The van der Waals surface area contributed by atoms with Gasteiger partial charge >= 0.3 is 0 Å². The average molecular weight is 315 g/mol. The van der Waals surface area contributed by atoms with Crippen LogP contribution in [0.5, 0.6) is 0 Å². The van der Waals surface area contributed by atoms with E-state index < -0.39 is 20.6 Å². The summed E-state index contributed by atoms with van der Waals surface area (Å²) in [6.07, 6.45) is 0.639. The third-order valence-corrected chi connectivity index (χ3v) is 5.17. The van der Waals surface area contributed by atoms with E-state index in [1.54, 1.807) is 20.9 Å². The summed E-state index contributed by atoms with van der Waals surface area (Å²) in [6, 6.07) is 3.77. The highest BCUT2D eigenvalue weighted by Crippen LogP contribution is 2.30. The number of rotatable bonds is 7. The zero-order valence-electron chi connectivity index (χ0n) is 12.7. The summed E-state index contributed by atoms with van der Waals surface area (Å²) in [4.78, 5) is 10.2. The summed E-state index contributed by atoms with van der Waals surface area (Å²) in [6.45, 7) is 5.69. The molecule has 0 aliphatic heterocycles. The molecule has 1 aromatic carbocycles. The molecule has 0 spiro atoms. The van der Waals surface area contributed by atoms with Gasteiger partial charge in [-0.2, -0.15) is 4.31 Å². The molecule has 8 heteroatoms. The van der Waals surface area contributed by atoms with Gasteiger partial charge in [0.2, 0.25) is 10.0 Å². The number of hydrogen-bond donors (Lipinski definition) is 1. The second kappa shape index (κ2) is 6.86. The van der Waals surface area contributed by atoms with Crippen molar-refractivity contribution in [1.82, 2.24) is 4.31 Å². The fourth-order valence-electron chi connectivity index (χ4n) is 2.04. The standard InChI is InChI=1S/C13H21N3O4S/c1-5-8-15(10(2)3)21(19,20)13-7-6-11(14-4)9-12(13)16(17)18/h6-7,9-10,14H,5,8H2,1-4H3. The molecule has 7 nitrogen and oxygen atoms in total. The molecule has 0 saturated heterocycles. The highest BCUT2D eigenvalue weighted by Gasteiger charge is 2.32. The summed E-state index contributed by atoms with van der Waals surface area (Å²) >= 11 is 0. The summed E-state index contributed by atoms with van der Waals surface area (Å²) in [7, 11) is -2.28. The first-order chi connectivity index (χ1) is 9.75. The topological polar surface area (TPSA) is 92.6 Å². The van der Waals surface area contributed by atoms with Crippen molar-refractivity contribution in [3.63, 3.8) is 0 Å². The van der Waals surface area contributed by atoms with Crippen molar-refractivity contribution >= 4 is 21.4 Å². The van der Waals surface area contributed by atoms with Crippen LogP contribution in [0, 0.1) is 10.1 Å². The molecule has 0 aromatic heterocycles. The third-order valence-electron chi connectivity index (χ3n) is 3.05. The number of hydrogen-bond acceptors (Lipinski definition) is 5. The van der Waals surface area contributed by atoms with E-state index in [0.29, 0.717) is 18.7 Å². The molecule has 0 amide bonds. The van der Waals surface area contributed by atoms with Gasteiger partial charge in [0.15, 0.2) is 4.90 Å². The van der Waals surface area contributed by atoms with Gasteiger partial charge < -0.3 is 5.32 Å². The number of nitrogens with one attached hydrogen (secondary N) is 1. The largest absolute Gasteiger partial charge is 0.388 e. The fourth-order valence-corrected chi connectivity index (χ4v) is 3.90. The van der Waals surface area contributed by atoms with Crippen LogP contribution in [-0.2, 0) is 10.0 Å². The van der Waals surface area contributed by atoms with Gasteiger partial charge in [0.1, 0.15) is 0 Å². The lowest BCUT2D eigenvalue weighted by molar-refractivity contribution is -0.387. The van der Waals surface area contributed by atoms with Crippen molar-refractivity contribution in [2.75, 3.05) is 18.9 Å². The summed E-state index contributed by atoms with van der Waals surface area (Å²) < 4.78 is 26.7. The molecule has 1 aromatic rings. The number of anilines is 1. The molecule has 1 rings (SSSR count). The van der Waals surface area contributed by atoms with Gasteiger partial charge in [-0.25, -0.2) is 8.42 Å². The lowest BCUT2D eigenvalue weighted by Gasteiger charge is -2.25. The van der Waals surface area contributed by atoms with Crippen molar-refractivity contribution in [3.05, 3.63) is 28.3 Å². The molecule has 0 unspecified atom stereocenters. The Labute approximate surface area is 125 Å². The number of nitrogens with zero attached hydrogens (tertiary/aromatic N) is 2. The molecular weight excluding hydrogens is 294 g/mol. The lowest BCUT2D eigenvalue weighted by Crippen LogP contribution is -2.37. The smallest absolute Gasteiger partial charge is 0.291 e. The molecule has 21 heavy (non-hydrogen) atoms. The van der Waals surface area contributed by atoms with Crippen LogP contribution in [-0.4, -0.2) is 37.3 Å². The molecule has 0 bridgehead atoms. The van der Waals surface area contributed by atoms with Gasteiger partial charge in [-0.3, -0.25) is 10.1 Å². The van der Waals surface area contributed by atoms with Crippen molar-refractivity contribution < 1.29 is 13.3 Å². The number of nitro benzene ring substituents is 1. The first-order valence-corrected chi connectivity index (χ1v) is 8.17. The normalized spacial score (nSPS) is 11.9. The van der Waals surface area contributed by atoms with Crippen LogP contribution in [0.4, 0.5) is 11.4 Å². The Hall–Kier alpha value is -1.67. The Balaban J connectivity index is 3.46. The molecule has 0 fully saturated rings. The van der Waals surface area contributed by atoms with Gasteiger partial charge in [-0.05, 0) is 32.4 Å². The van der Waals surface area contributed by atoms with Crippen molar-refractivity contribution in [2.45, 2.75) is 38.1 Å². The van der Waals surface area contributed by atoms with Crippen molar-refractivity contribution in [2.24, 2.45) is 0 Å². The Bertz CT molecular complexity index is 614. The van der Waals surface area contributed by atoms with Crippen LogP contribution in [0.2, 0.25) is 0 Å². The van der Waals surface area contributed by atoms with E-state index in [0.717, 1.165) is 0 Å². The van der Waals surface area contributed by atoms with Crippen LogP contribution in [0.1, 0.15) is 27.2 Å². The van der Waals surface area contributed by atoms with Crippen molar-refractivity contribution in [1.29, 1.82) is 0 Å².